The van der Waals surface area contributed by atoms with Gasteiger partial charge in [0, 0.05) is 38.4 Å². The van der Waals surface area contributed by atoms with Gasteiger partial charge in [0.05, 0.1) is 6.54 Å². The number of carbonyl (C=O) groups is 1. The summed E-state index contributed by atoms with van der Waals surface area (Å²) in [5, 5.41) is 3.12. The topological polar surface area (TPSA) is 57.7 Å². The minimum absolute atomic E-state index is 0.0458. The van der Waals surface area contributed by atoms with Crippen LogP contribution in [0.3, 0.4) is 0 Å². The van der Waals surface area contributed by atoms with Crippen LogP contribution in [0.1, 0.15) is 26.2 Å². The molecule has 2 unspecified atom stereocenters. The van der Waals surface area contributed by atoms with Crippen LogP contribution < -0.4 is 10.1 Å². The monoisotopic (exact) mass is 332 g/mol. The van der Waals surface area contributed by atoms with Crippen LogP contribution in [-0.2, 0) is 0 Å². The van der Waals surface area contributed by atoms with Crippen molar-refractivity contribution < 1.29 is 9.53 Å². The molecule has 3 heterocycles. The fourth-order valence-electron chi connectivity index (χ4n) is 3.57. The summed E-state index contributed by atoms with van der Waals surface area (Å²) in [5.41, 5.74) is 0. The van der Waals surface area contributed by atoms with Crippen LogP contribution in [0, 0.1) is 5.92 Å². The van der Waals surface area contributed by atoms with Crippen molar-refractivity contribution in [1.82, 2.24) is 20.1 Å². The summed E-state index contributed by atoms with van der Waals surface area (Å²) in [6.45, 7) is 7.79. The molecule has 6 heteroatoms. The van der Waals surface area contributed by atoms with Crippen molar-refractivity contribution >= 4 is 6.03 Å². The van der Waals surface area contributed by atoms with Crippen molar-refractivity contribution in [3.8, 4) is 5.75 Å². The predicted octanol–water partition coefficient (Wildman–Crippen LogP) is 1.98. The molecule has 2 saturated heterocycles. The Hall–Kier alpha value is -1.82. The zero-order chi connectivity index (χ0) is 16.8. The molecule has 2 atom stereocenters. The third-order valence-corrected chi connectivity index (χ3v) is 4.98. The Bertz CT molecular complexity index is 525. The molecule has 0 saturated carbocycles. The minimum atomic E-state index is 0.0458. The highest BCUT2D eigenvalue weighted by atomic mass is 16.5. The van der Waals surface area contributed by atoms with Crippen LogP contribution in [-0.4, -0.2) is 66.2 Å². The Kier molecular flexibility index (Phi) is 5.91. The van der Waals surface area contributed by atoms with Gasteiger partial charge in [0.2, 0.25) is 0 Å². The van der Waals surface area contributed by atoms with Gasteiger partial charge in [-0.25, -0.2) is 4.79 Å². The van der Waals surface area contributed by atoms with E-state index in [9.17, 15) is 4.79 Å². The third kappa shape index (κ3) is 4.60. The molecule has 1 N–H and O–H groups in total. The molecule has 0 radical (unpaired) electrons. The molecule has 1 aromatic heterocycles. The summed E-state index contributed by atoms with van der Waals surface area (Å²) in [6.07, 6.45) is 6.84. The van der Waals surface area contributed by atoms with Gasteiger partial charge in [0.1, 0.15) is 11.9 Å². The van der Waals surface area contributed by atoms with E-state index in [1.54, 1.807) is 12.4 Å². The maximum absolute atomic E-state index is 12.4. The molecule has 0 spiro atoms. The highest BCUT2D eigenvalue weighted by molar-refractivity contribution is 5.74. The van der Waals surface area contributed by atoms with Crippen LogP contribution in [0.2, 0.25) is 0 Å². The standard InChI is InChI=1S/C18H28N4O2/c1-2-21-10-3-4-15(13-21)12-20-18(23)22-11-7-17(14-22)24-16-5-8-19-9-6-16/h5-6,8-9,15,17H,2-4,7,10-14H2,1H3,(H,20,23). The number of pyridine rings is 1. The molecular weight excluding hydrogens is 304 g/mol. The first-order valence-electron chi connectivity index (χ1n) is 9.06. The Labute approximate surface area is 144 Å². The van der Waals surface area contributed by atoms with Crippen LogP contribution in [0.25, 0.3) is 0 Å². The van der Waals surface area contributed by atoms with E-state index >= 15 is 0 Å². The number of aromatic nitrogens is 1. The quantitative estimate of drug-likeness (QED) is 0.896. The molecule has 0 aromatic carbocycles. The summed E-state index contributed by atoms with van der Waals surface area (Å²) in [5.74, 6) is 1.40. The normalized spacial score (nSPS) is 24.8. The molecule has 6 nitrogen and oxygen atoms in total. The largest absolute Gasteiger partial charge is 0.488 e. The lowest BCUT2D eigenvalue weighted by Gasteiger charge is -2.32. The number of ether oxygens (including phenoxy) is 1. The van der Waals surface area contributed by atoms with Crippen molar-refractivity contribution in [2.45, 2.75) is 32.3 Å². The second-order valence-electron chi connectivity index (χ2n) is 6.75. The molecule has 2 fully saturated rings. The molecular formula is C18H28N4O2. The molecule has 0 aliphatic carbocycles. The van der Waals surface area contributed by atoms with Gasteiger partial charge in [-0.2, -0.15) is 0 Å². The van der Waals surface area contributed by atoms with E-state index in [1.807, 2.05) is 17.0 Å². The number of hydrogen-bond acceptors (Lipinski definition) is 4. The fourth-order valence-corrected chi connectivity index (χ4v) is 3.57. The van der Waals surface area contributed by atoms with Crippen molar-refractivity contribution in [3.05, 3.63) is 24.5 Å². The fraction of sp³-hybridized carbons (Fsp3) is 0.667. The molecule has 0 bridgehead atoms. The molecule has 3 rings (SSSR count). The Morgan fingerprint density at radius 3 is 2.92 bits per heavy atom. The second kappa shape index (κ2) is 8.33. The number of likely N-dealkylation sites (tertiary alicyclic amines) is 2. The maximum atomic E-state index is 12.4. The number of carbonyl (C=O) groups excluding carboxylic acids is 1. The van der Waals surface area contributed by atoms with Crippen LogP contribution in [0.4, 0.5) is 4.79 Å². The summed E-state index contributed by atoms with van der Waals surface area (Å²) in [6, 6.07) is 3.75. The summed E-state index contributed by atoms with van der Waals surface area (Å²) < 4.78 is 5.91. The summed E-state index contributed by atoms with van der Waals surface area (Å²) >= 11 is 0. The Morgan fingerprint density at radius 1 is 1.29 bits per heavy atom. The first-order valence-corrected chi connectivity index (χ1v) is 9.06. The maximum Gasteiger partial charge on any atom is 0.317 e. The van der Waals surface area contributed by atoms with Gasteiger partial charge in [0.15, 0.2) is 0 Å². The Balaban J connectivity index is 1.40. The molecule has 2 aliphatic heterocycles. The van der Waals surface area contributed by atoms with Gasteiger partial charge in [-0.15, -0.1) is 0 Å². The average molecular weight is 332 g/mol. The number of nitrogens with one attached hydrogen (secondary N) is 1. The molecule has 1 aromatic rings. The van der Waals surface area contributed by atoms with E-state index in [4.69, 9.17) is 4.74 Å². The third-order valence-electron chi connectivity index (χ3n) is 4.98. The number of amides is 2. The first kappa shape index (κ1) is 17.0. The van der Waals surface area contributed by atoms with Crippen molar-refractivity contribution in [2.24, 2.45) is 5.92 Å². The average Bonchev–Trinajstić information content (AvgIpc) is 3.09. The van der Waals surface area contributed by atoms with E-state index in [1.165, 1.54) is 19.4 Å². The van der Waals surface area contributed by atoms with Gasteiger partial charge < -0.3 is 19.9 Å². The smallest absolute Gasteiger partial charge is 0.317 e. The van der Waals surface area contributed by atoms with Gasteiger partial charge in [0.25, 0.3) is 0 Å². The first-order chi connectivity index (χ1) is 11.7. The van der Waals surface area contributed by atoms with Crippen LogP contribution in [0.5, 0.6) is 5.75 Å². The molecule has 2 aliphatic rings. The van der Waals surface area contributed by atoms with E-state index in [0.717, 1.165) is 38.3 Å². The lowest BCUT2D eigenvalue weighted by molar-refractivity contribution is 0.169. The molecule has 24 heavy (non-hydrogen) atoms. The van der Waals surface area contributed by atoms with Crippen molar-refractivity contribution in [2.75, 3.05) is 39.3 Å². The highest BCUT2D eigenvalue weighted by Crippen LogP contribution is 2.18. The van der Waals surface area contributed by atoms with Gasteiger partial charge in [-0.05, 0) is 44.0 Å². The van der Waals surface area contributed by atoms with Gasteiger partial charge in [-0.1, -0.05) is 6.92 Å². The highest BCUT2D eigenvalue weighted by Gasteiger charge is 2.28. The minimum Gasteiger partial charge on any atom is -0.488 e. The van der Waals surface area contributed by atoms with Gasteiger partial charge in [-0.3, -0.25) is 4.98 Å². The lowest BCUT2D eigenvalue weighted by atomic mass is 9.98. The number of nitrogens with zero attached hydrogens (tertiary/aromatic N) is 3. The summed E-state index contributed by atoms with van der Waals surface area (Å²) in [7, 11) is 0. The van der Waals surface area contributed by atoms with Crippen molar-refractivity contribution in [3.63, 3.8) is 0 Å². The van der Waals surface area contributed by atoms with E-state index in [0.29, 0.717) is 12.5 Å². The lowest BCUT2D eigenvalue weighted by Crippen LogP contribution is -2.45. The number of piperidine rings is 1. The van der Waals surface area contributed by atoms with Gasteiger partial charge >= 0.3 is 6.03 Å². The SMILES string of the molecule is CCN1CCCC(CNC(=O)N2CCC(Oc3ccncc3)C2)C1. The van der Waals surface area contributed by atoms with Crippen molar-refractivity contribution in [1.29, 1.82) is 0 Å². The molecule has 2 amide bonds. The molecule has 132 valence electrons. The predicted molar refractivity (Wildman–Crippen MR) is 93.1 cm³/mol. The van der Waals surface area contributed by atoms with E-state index in [2.05, 4.69) is 22.1 Å². The number of hydrogen-bond donors (Lipinski definition) is 1. The van der Waals surface area contributed by atoms with Crippen LogP contribution in [0.15, 0.2) is 24.5 Å². The van der Waals surface area contributed by atoms with Crippen LogP contribution >= 0.6 is 0 Å². The zero-order valence-electron chi connectivity index (χ0n) is 14.5. The number of rotatable bonds is 5. The second-order valence-corrected chi connectivity index (χ2v) is 6.75. The summed E-state index contributed by atoms with van der Waals surface area (Å²) in [4.78, 5) is 20.7. The van der Waals surface area contributed by atoms with E-state index in [-0.39, 0.29) is 12.1 Å². The zero-order valence-corrected chi connectivity index (χ0v) is 14.5. The Morgan fingerprint density at radius 2 is 2.12 bits per heavy atom. The number of urea groups is 1. The van der Waals surface area contributed by atoms with E-state index < -0.39 is 0 Å².